The van der Waals surface area contributed by atoms with Crippen molar-refractivity contribution in [2.24, 2.45) is 5.73 Å². The van der Waals surface area contributed by atoms with Gasteiger partial charge in [0.05, 0.1) is 11.5 Å². The fourth-order valence-electron chi connectivity index (χ4n) is 1.51. The molecule has 23 heavy (non-hydrogen) atoms. The maximum Gasteiger partial charge on any atom is 0.414 e. The van der Waals surface area contributed by atoms with Gasteiger partial charge in [0, 0.05) is 21.2 Å². The quantitative estimate of drug-likeness (QED) is 0.743. The molecule has 0 spiro atoms. The number of primary amides is 1. The SMILES string of the molecule is NC(=O)c1ccc(Cl)cc1.O=c1oc(-c2ccc(Cl)cc2)ns1. The first kappa shape index (κ1) is 17.2. The van der Waals surface area contributed by atoms with E-state index in [0.717, 1.165) is 17.1 Å². The van der Waals surface area contributed by atoms with Gasteiger partial charge in [0.2, 0.25) is 11.8 Å². The molecule has 5 nitrogen and oxygen atoms in total. The molecule has 118 valence electrons. The largest absolute Gasteiger partial charge is 0.414 e. The van der Waals surface area contributed by atoms with Crippen LogP contribution in [0.15, 0.2) is 57.7 Å². The highest BCUT2D eigenvalue weighted by molar-refractivity contribution is 7.02. The Morgan fingerprint density at radius 1 is 1.00 bits per heavy atom. The lowest BCUT2D eigenvalue weighted by molar-refractivity contribution is 0.100. The first-order chi connectivity index (χ1) is 11.0. The fraction of sp³-hybridized carbons (Fsp3) is 0. The van der Waals surface area contributed by atoms with Gasteiger partial charge >= 0.3 is 4.94 Å². The van der Waals surface area contributed by atoms with Gasteiger partial charge in [0.15, 0.2) is 0 Å². The Morgan fingerprint density at radius 2 is 1.52 bits per heavy atom. The molecule has 3 rings (SSSR count). The van der Waals surface area contributed by atoms with Crippen LogP contribution in [-0.4, -0.2) is 10.3 Å². The molecular formula is C15H10Cl2N2O3S. The number of aromatic nitrogens is 1. The topological polar surface area (TPSA) is 86.2 Å². The Kier molecular flexibility index (Phi) is 5.92. The van der Waals surface area contributed by atoms with E-state index in [1.54, 1.807) is 48.5 Å². The van der Waals surface area contributed by atoms with Gasteiger partial charge in [-0.2, -0.15) is 0 Å². The molecule has 1 aromatic heterocycles. The molecule has 0 fully saturated rings. The molecule has 0 radical (unpaired) electrons. The highest BCUT2D eigenvalue weighted by Crippen LogP contribution is 2.18. The van der Waals surface area contributed by atoms with Crippen molar-refractivity contribution < 1.29 is 9.21 Å². The second-order valence-electron chi connectivity index (χ2n) is 4.22. The van der Waals surface area contributed by atoms with Gasteiger partial charge in [-0.25, -0.2) is 4.79 Å². The van der Waals surface area contributed by atoms with Crippen LogP contribution in [0.3, 0.4) is 0 Å². The van der Waals surface area contributed by atoms with Crippen molar-refractivity contribution in [3.05, 3.63) is 73.9 Å². The normalized spacial score (nSPS) is 9.83. The molecular weight excluding hydrogens is 359 g/mol. The molecule has 2 aromatic carbocycles. The average Bonchev–Trinajstić information content (AvgIpc) is 2.96. The average molecular weight is 369 g/mol. The zero-order valence-corrected chi connectivity index (χ0v) is 13.9. The lowest BCUT2D eigenvalue weighted by atomic mass is 10.2. The third-order valence-electron chi connectivity index (χ3n) is 2.60. The monoisotopic (exact) mass is 368 g/mol. The predicted octanol–water partition coefficient (Wildman–Crippen LogP) is 3.86. The van der Waals surface area contributed by atoms with Gasteiger partial charge in [0.25, 0.3) is 0 Å². The molecule has 0 saturated heterocycles. The highest BCUT2D eigenvalue weighted by atomic mass is 35.5. The summed E-state index contributed by atoms with van der Waals surface area (Å²) in [6, 6.07) is 13.4. The van der Waals surface area contributed by atoms with Crippen LogP contribution in [0.25, 0.3) is 11.5 Å². The lowest BCUT2D eigenvalue weighted by Crippen LogP contribution is -2.10. The number of hydrogen-bond acceptors (Lipinski definition) is 5. The van der Waals surface area contributed by atoms with E-state index in [-0.39, 0.29) is 0 Å². The number of halogens is 2. The summed E-state index contributed by atoms with van der Waals surface area (Å²) >= 11 is 12.1. The van der Waals surface area contributed by atoms with Crippen molar-refractivity contribution in [1.82, 2.24) is 4.37 Å². The Morgan fingerprint density at radius 3 is 1.96 bits per heavy atom. The molecule has 2 N–H and O–H groups in total. The van der Waals surface area contributed by atoms with Crippen molar-refractivity contribution in [3.63, 3.8) is 0 Å². The van der Waals surface area contributed by atoms with Crippen molar-refractivity contribution in [1.29, 1.82) is 0 Å². The Hall–Kier alpha value is -2.15. The van der Waals surface area contributed by atoms with Gasteiger partial charge in [-0.15, -0.1) is 4.37 Å². The second-order valence-corrected chi connectivity index (χ2v) is 5.79. The van der Waals surface area contributed by atoms with E-state index in [1.807, 2.05) is 0 Å². The van der Waals surface area contributed by atoms with Crippen LogP contribution in [0.1, 0.15) is 10.4 Å². The molecule has 8 heteroatoms. The van der Waals surface area contributed by atoms with Crippen LogP contribution >= 0.6 is 34.7 Å². The summed E-state index contributed by atoms with van der Waals surface area (Å²) in [6.07, 6.45) is 0. The number of benzene rings is 2. The number of hydrogen-bond donors (Lipinski definition) is 1. The number of carbonyl (C=O) groups is 1. The minimum Gasteiger partial charge on any atom is -0.394 e. The summed E-state index contributed by atoms with van der Waals surface area (Å²) in [5.74, 6) is -0.0941. The molecule has 1 amide bonds. The van der Waals surface area contributed by atoms with Gasteiger partial charge < -0.3 is 10.2 Å². The van der Waals surface area contributed by atoms with E-state index in [2.05, 4.69) is 4.37 Å². The highest BCUT2D eigenvalue weighted by Gasteiger charge is 2.04. The number of nitrogens with two attached hydrogens (primary N) is 1. The maximum absolute atomic E-state index is 10.7. The summed E-state index contributed by atoms with van der Waals surface area (Å²) < 4.78 is 8.65. The second kappa shape index (κ2) is 7.92. The molecule has 3 aromatic rings. The van der Waals surface area contributed by atoms with Gasteiger partial charge in [-0.05, 0) is 48.5 Å². The van der Waals surface area contributed by atoms with Crippen LogP contribution in [-0.2, 0) is 0 Å². The number of rotatable bonds is 2. The summed E-state index contributed by atoms with van der Waals surface area (Å²) in [7, 11) is 0. The van der Waals surface area contributed by atoms with E-state index in [0.29, 0.717) is 21.5 Å². The Labute approximate surface area is 145 Å². The third-order valence-corrected chi connectivity index (χ3v) is 3.60. The molecule has 0 aliphatic carbocycles. The first-order valence-corrected chi connectivity index (χ1v) is 7.77. The van der Waals surface area contributed by atoms with Gasteiger partial charge in [0.1, 0.15) is 0 Å². The zero-order valence-electron chi connectivity index (χ0n) is 11.5. The molecule has 0 saturated carbocycles. The standard InChI is InChI=1S/C8H4ClNO2S.C7H6ClNO/c9-6-3-1-5(2-4-6)7-10-13-8(11)12-7;8-6-3-1-5(2-4-6)7(9)10/h1-4H;1-4H,(H2,9,10). The Balaban J connectivity index is 0.000000174. The van der Waals surface area contributed by atoms with Crippen molar-refractivity contribution in [3.8, 4) is 11.5 Å². The van der Waals surface area contributed by atoms with Crippen LogP contribution in [0, 0.1) is 0 Å². The van der Waals surface area contributed by atoms with Crippen LogP contribution in [0.5, 0.6) is 0 Å². The van der Waals surface area contributed by atoms with Crippen LogP contribution < -0.4 is 10.7 Å². The van der Waals surface area contributed by atoms with Crippen molar-refractivity contribution >= 4 is 40.6 Å². The molecule has 0 unspecified atom stereocenters. The summed E-state index contributed by atoms with van der Waals surface area (Å²) in [5.41, 5.74) is 6.21. The fourth-order valence-corrected chi connectivity index (χ4v) is 2.18. The number of carbonyl (C=O) groups excluding carboxylic acids is 1. The third kappa shape index (κ3) is 5.21. The predicted molar refractivity (Wildman–Crippen MR) is 91.1 cm³/mol. The van der Waals surface area contributed by atoms with Crippen molar-refractivity contribution in [2.75, 3.05) is 0 Å². The Bertz CT molecular complexity index is 842. The van der Waals surface area contributed by atoms with Crippen LogP contribution in [0.4, 0.5) is 0 Å². The minimum atomic E-state index is -0.434. The minimum absolute atomic E-state index is 0.340. The van der Waals surface area contributed by atoms with Gasteiger partial charge in [-0.1, -0.05) is 23.2 Å². The summed E-state index contributed by atoms with van der Waals surface area (Å²) in [5, 5.41) is 1.24. The smallest absolute Gasteiger partial charge is 0.394 e. The molecule has 0 atom stereocenters. The molecule has 1 heterocycles. The number of nitrogens with zero attached hydrogens (tertiary/aromatic N) is 1. The zero-order chi connectivity index (χ0) is 16.8. The lowest BCUT2D eigenvalue weighted by Gasteiger charge is -1.92. The van der Waals surface area contributed by atoms with E-state index in [4.69, 9.17) is 33.4 Å². The number of amides is 1. The molecule has 0 aliphatic rings. The van der Waals surface area contributed by atoms with E-state index < -0.39 is 10.8 Å². The van der Waals surface area contributed by atoms with Crippen molar-refractivity contribution in [2.45, 2.75) is 0 Å². The van der Waals surface area contributed by atoms with E-state index in [1.165, 1.54) is 0 Å². The molecule has 0 aliphatic heterocycles. The van der Waals surface area contributed by atoms with E-state index >= 15 is 0 Å². The van der Waals surface area contributed by atoms with Crippen LogP contribution in [0.2, 0.25) is 10.0 Å². The molecule has 0 bridgehead atoms. The van der Waals surface area contributed by atoms with E-state index in [9.17, 15) is 9.59 Å². The van der Waals surface area contributed by atoms with Gasteiger partial charge in [-0.3, -0.25) is 4.79 Å². The summed E-state index contributed by atoms with van der Waals surface area (Å²) in [4.78, 5) is 20.8. The first-order valence-electron chi connectivity index (χ1n) is 6.24. The summed E-state index contributed by atoms with van der Waals surface area (Å²) in [6.45, 7) is 0. The maximum atomic E-state index is 10.7.